The highest BCUT2D eigenvalue weighted by Crippen LogP contribution is 2.30. The van der Waals surface area contributed by atoms with E-state index in [0.29, 0.717) is 16.5 Å². The number of nitrogens with zero attached hydrogens (tertiary/aromatic N) is 6. The number of rotatable bonds is 7. The Kier molecular flexibility index (Phi) is 9.34. The molecule has 0 fully saturated rings. The van der Waals surface area contributed by atoms with E-state index in [4.69, 9.17) is 40.2 Å². The third kappa shape index (κ3) is 5.91. The highest BCUT2D eigenvalue weighted by molar-refractivity contribution is 6.31. The van der Waals surface area contributed by atoms with Crippen molar-refractivity contribution in [2.75, 3.05) is 5.73 Å². The van der Waals surface area contributed by atoms with Gasteiger partial charge in [-0.05, 0) is 41.6 Å². The number of carbonyl (C=O) groups excluding carboxylic acids is 1. The molecule has 2 unspecified atom stereocenters. The van der Waals surface area contributed by atoms with Gasteiger partial charge in [0.05, 0.1) is 12.1 Å². The molecule has 2 atom stereocenters. The Balaban J connectivity index is 0.000000244. The van der Waals surface area contributed by atoms with Crippen molar-refractivity contribution in [3.63, 3.8) is 0 Å². The van der Waals surface area contributed by atoms with Crippen molar-refractivity contribution in [2.24, 2.45) is 10.8 Å². The van der Waals surface area contributed by atoms with E-state index in [1.165, 1.54) is 4.68 Å². The van der Waals surface area contributed by atoms with E-state index < -0.39 is 5.91 Å². The Labute approximate surface area is 195 Å². The van der Waals surface area contributed by atoms with E-state index in [0.717, 1.165) is 17.5 Å². The number of benzene rings is 2. The van der Waals surface area contributed by atoms with Crippen LogP contribution in [0.1, 0.15) is 60.4 Å². The van der Waals surface area contributed by atoms with E-state index in [1.807, 2.05) is 50.2 Å². The molecule has 9 nitrogen and oxygen atoms in total. The Morgan fingerprint density at radius 1 is 1.09 bits per heavy atom. The van der Waals surface area contributed by atoms with Crippen molar-refractivity contribution in [2.45, 2.75) is 38.8 Å². The molecule has 0 saturated carbocycles. The molecule has 0 aliphatic carbocycles. The molecule has 0 aliphatic rings. The summed E-state index contributed by atoms with van der Waals surface area (Å²) in [4.78, 5) is 13.9. The Bertz CT molecular complexity index is 1110. The number of nitrogens with two attached hydrogens (primary N) is 2. The van der Waals surface area contributed by atoms with Gasteiger partial charge in [0, 0.05) is 15.0 Å². The van der Waals surface area contributed by atoms with E-state index in [2.05, 4.69) is 20.3 Å². The normalized spacial score (nSPS) is 12.1. The van der Waals surface area contributed by atoms with Gasteiger partial charge in [-0.1, -0.05) is 83.8 Å². The fourth-order valence-corrected chi connectivity index (χ4v) is 3.67. The van der Waals surface area contributed by atoms with Crippen LogP contribution < -0.4 is 11.5 Å². The lowest BCUT2D eigenvalue weighted by Crippen LogP contribution is -2.17. The second kappa shape index (κ2) is 12.0. The molecule has 2 aromatic carbocycles. The van der Waals surface area contributed by atoms with Crippen LogP contribution in [0.2, 0.25) is 10.0 Å². The number of nitrogen functional groups attached to an aromatic ring is 1. The van der Waals surface area contributed by atoms with Crippen LogP contribution in [0.3, 0.4) is 0 Å². The number of primary amides is 1. The first kappa shape index (κ1) is 25.0. The van der Waals surface area contributed by atoms with Gasteiger partial charge < -0.3 is 11.5 Å². The number of anilines is 1. The smallest absolute Gasteiger partial charge is 0.273 e. The van der Waals surface area contributed by atoms with E-state index in [9.17, 15) is 4.79 Å². The molecule has 1 heterocycles. The SMILES string of the molecule is CCC(N=[N+]=[N-])c1ccccc1Cl.CCC(c1ccccc1Cl)n1nnc(C(N)=O)c1N. The standard InChI is InChI=1S/C12H14ClN5O.C9H10ClN3/c1-2-9(7-5-3-4-6-8(7)13)18-11(14)10(12(15)19)16-17-18;1-2-9(12-13-11)7-5-3-4-6-8(7)10/h3-6,9H,2,14H2,1H3,(H2,15,19);3-6,9H,2H2,1H3. The van der Waals surface area contributed by atoms with Gasteiger partial charge in [-0.15, -0.1) is 5.10 Å². The summed E-state index contributed by atoms with van der Waals surface area (Å²) in [5.74, 6) is -0.544. The molecular formula is C21H24Cl2N8O. The zero-order valence-corrected chi connectivity index (χ0v) is 19.2. The number of azide groups is 1. The van der Waals surface area contributed by atoms with Crippen LogP contribution >= 0.6 is 23.2 Å². The van der Waals surface area contributed by atoms with Crippen LogP contribution in [0.4, 0.5) is 5.82 Å². The summed E-state index contributed by atoms with van der Waals surface area (Å²) in [7, 11) is 0. The van der Waals surface area contributed by atoms with Crippen LogP contribution in [0.5, 0.6) is 0 Å². The zero-order valence-electron chi connectivity index (χ0n) is 17.7. The molecule has 4 N–H and O–H groups in total. The summed E-state index contributed by atoms with van der Waals surface area (Å²) in [5.41, 5.74) is 21.1. The van der Waals surface area contributed by atoms with Gasteiger partial charge >= 0.3 is 0 Å². The van der Waals surface area contributed by atoms with Gasteiger partial charge in [0.25, 0.3) is 5.91 Å². The minimum atomic E-state index is -0.697. The highest BCUT2D eigenvalue weighted by Gasteiger charge is 2.22. The number of amides is 1. The molecule has 3 aromatic rings. The predicted octanol–water partition coefficient (Wildman–Crippen LogP) is 5.71. The van der Waals surface area contributed by atoms with Crippen molar-refractivity contribution in [3.8, 4) is 0 Å². The lowest BCUT2D eigenvalue weighted by atomic mass is 10.0. The topological polar surface area (TPSA) is 149 Å². The predicted molar refractivity (Wildman–Crippen MR) is 126 cm³/mol. The lowest BCUT2D eigenvalue weighted by molar-refractivity contribution is 0.0996. The Hall–Kier alpha value is -3.26. The molecule has 168 valence electrons. The third-order valence-corrected chi connectivity index (χ3v) is 5.44. The summed E-state index contributed by atoms with van der Waals surface area (Å²) in [6.07, 6.45) is 1.46. The van der Waals surface area contributed by atoms with Crippen LogP contribution in [-0.2, 0) is 0 Å². The number of halogens is 2. The largest absolute Gasteiger partial charge is 0.382 e. The van der Waals surface area contributed by atoms with Crippen molar-refractivity contribution in [1.29, 1.82) is 0 Å². The van der Waals surface area contributed by atoms with Gasteiger partial charge in [0.15, 0.2) is 11.5 Å². The van der Waals surface area contributed by atoms with Gasteiger partial charge in [-0.2, -0.15) is 0 Å². The first-order chi connectivity index (χ1) is 15.3. The third-order valence-electron chi connectivity index (χ3n) is 4.75. The minimum Gasteiger partial charge on any atom is -0.382 e. The summed E-state index contributed by atoms with van der Waals surface area (Å²) < 4.78 is 1.47. The molecular weight excluding hydrogens is 451 g/mol. The maximum Gasteiger partial charge on any atom is 0.273 e. The molecule has 32 heavy (non-hydrogen) atoms. The average Bonchev–Trinajstić information content (AvgIpc) is 3.16. The Morgan fingerprint density at radius 3 is 2.09 bits per heavy atom. The van der Waals surface area contributed by atoms with Crippen LogP contribution in [0.25, 0.3) is 10.4 Å². The van der Waals surface area contributed by atoms with Crippen molar-refractivity contribution in [3.05, 3.63) is 85.8 Å². The van der Waals surface area contributed by atoms with Gasteiger partial charge in [-0.3, -0.25) is 4.79 Å². The van der Waals surface area contributed by atoms with Gasteiger partial charge in [0.1, 0.15) is 0 Å². The fourth-order valence-electron chi connectivity index (χ4n) is 3.15. The van der Waals surface area contributed by atoms with Crippen molar-refractivity contribution < 1.29 is 4.79 Å². The number of aromatic nitrogens is 3. The Morgan fingerprint density at radius 2 is 1.66 bits per heavy atom. The molecule has 1 aromatic heterocycles. The van der Waals surface area contributed by atoms with Gasteiger partial charge in [-0.25, -0.2) is 4.68 Å². The molecule has 0 aliphatic heterocycles. The first-order valence-corrected chi connectivity index (χ1v) is 10.6. The minimum absolute atomic E-state index is 0.0227. The molecule has 0 spiro atoms. The maximum absolute atomic E-state index is 11.1. The van der Waals surface area contributed by atoms with Crippen LogP contribution in [0, 0.1) is 0 Å². The number of carbonyl (C=O) groups is 1. The molecule has 0 saturated heterocycles. The molecule has 0 bridgehead atoms. The summed E-state index contributed by atoms with van der Waals surface area (Å²) in [6, 6.07) is 14.5. The second-order valence-electron chi connectivity index (χ2n) is 6.73. The monoisotopic (exact) mass is 474 g/mol. The van der Waals surface area contributed by atoms with Gasteiger partial charge in [0.2, 0.25) is 0 Å². The molecule has 11 heteroatoms. The zero-order chi connectivity index (χ0) is 23.7. The first-order valence-electron chi connectivity index (χ1n) is 9.89. The van der Waals surface area contributed by atoms with Crippen LogP contribution in [0.15, 0.2) is 53.6 Å². The number of hydrogen-bond acceptors (Lipinski definition) is 5. The van der Waals surface area contributed by atoms with E-state index >= 15 is 0 Å². The molecule has 0 radical (unpaired) electrons. The van der Waals surface area contributed by atoms with Crippen molar-refractivity contribution in [1.82, 2.24) is 15.0 Å². The lowest BCUT2D eigenvalue weighted by Gasteiger charge is -2.17. The quantitative estimate of drug-likeness (QED) is 0.256. The summed E-state index contributed by atoms with van der Waals surface area (Å²) in [5, 5.41) is 12.6. The fraction of sp³-hybridized carbons (Fsp3) is 0.286. The average molecular weight is 475 g/mol. The summed E-state index contributed by atoms with van der Waals surface area (Å²) in [6.45, 7) is 3.93. The van der Waals surface area contributed by atoms with E-state index in [-0.39, 0.29) is 23.6 Å². The summed E-state index contributed by atoms with van der Waals surface area (Å²) >= 11 is 12.1. The highest BCUT2D eigenvalue weighted by atomic mass is 35.5. The van der Waals surface area contributed by atoms with Crippen molar-refractivity contribution >= 4 is 34.9 Å². The number of hydrogen-bond donors (Lipinski definition) is 2. The van der Waals surface area contributed by atoms with E-state index in [1.54, 1.807) is 12.1 Å². The maximum atomic E-state index is 11.1. The molecule has 3 rings (SSSR count). The van der Waals surface area contributed by atoms with Crippen LogP contribution in [-0.4, -0.2) is 20.9 Å². The second-order valence-corrected chi connectivity index (χ2v) is 7.54. The molecule has 1 amide bonds.